The van der Waals surface area contributed by atoms with Crippen molar-refractivity contribution in [3.63, 3.8) is 0 Å². The largest absolute Gasteiger partial charge is 0.416 e. The summed E-state index contributed by atoms with van der Waals surface area (Å²) in [4.78, 5) is 4.05. The molecule has 0 aliphatic heterocycles. The zero-order valence-corrected chi connectivity index (χ0v) is 9.42. The first kappa shape index (κ1) is 11.7. The third-order valence-corrected chi connectivity index (χ3v) is 2.61. The van der Waals surface area contributed by atoms with Crippen LogP contribution in [0.2, 0.25) is 0 Å². The lowest BCUT2D eigenvalue weighted by molar-refractivity contribution is -0.137. The van der Waals surface area contributed by atoms with E-state index >= 15 is 0 Å². The van der Waals surface area contributed by atoms with Gasteiger partial charge in [0.2, 0.25) is 0 Å². The number of rotatable bonds is 1. The topological polar surface area (TPSA) is 17.8 Å². The highest BCUT2D eigenvalue weighted by atomic mass is 19.4. The maximum absolute atomic E-state index is 12.5. The van der Waals surface area contributed by atoms with Crippen molar-refractivity contribution in [2.75, 3.05) is 0 Å². The van der Waals surface area contributed by atoms with E-state index in [0.717, 1.165) is 18.0 Å². The van der Waals surface area contributed by atoms with E-state index in [0.29, 0.717) is 11.3 Å². The van der Waals surface area contributed by atoms with Crippen molar-refractivity contribution in [1.29, 1.82) is 0 Å². The normalized spacial score (nSPS) is 11.8. The van der Waals surface area contributed by atoms with E-state index in [1.807, 2.05) is 0 Å². The van der Waals surface area contributed by atoms with E-state index in [9.17, 15) is 13.2 Å². The van der Waals surface area contributed by atoms with E-state index in [4.69, 9.17) is 0 Å². The Bertz CT molecular complexity index is 541. The molecule has 0 saturated carbocycles. The first-order valence-electron chi connectivity index (χ1n) is 5.08. The molecule has 17 heavy (non-hydrogen) atoms. The molecule has 1 aromatic carbocycles. The van der Waals surface area contributed by atoms with Gasteiger partial charge in [0, 0.05) is 18.1 Å². The van der Waals surface area contributed by atoms with Gasteiger partial charge >= 0.3 is 6.18 Å². The molecule has 0 aliphatic carbocycles. The average Bonchev–Trinajstić information content (AvgIpc) is 2.63. The number of hydrogen-bond donors (Lipinski definition) is 0. The molecule has 0 spiro atoms. The molecule has 0 unspecified atom stereocenters. The predicted octanol–water partition coefficient (Wildman–Crippen LogP) is 3.51. The summed E-state index contributed by atoms with van der Waals surface area (Å²) in [6.45, 7) is 3.46. The van der Waals surface area contributed by atoms with Gasteiger partial charge in [-0.2, -0.15) is 13.2 Å². The van der Waals surface area contributed by atoms with Gasteiger partial charge in [-0.25, -0.2) is 4.98 Å². The van der Waals surface area contributed by atoms with Crippen LogP contribution >= 0.6 is 0 Å². The highest BCUT2D eigenvalue weighted by Gasteiger charge is 2.30. The van der Waals surface area contributed by atoms with Gasteiger partial charge in [0.15, 0.2) is 0 Å². The number of hydrogen-bond acceptors (Lipinski definition) is 1. The van der Waals surface area contributed by atoms with Crippen LogP contribution in [0.1, 0.15) is 17.0 Å². The van der Waals surface area contributed by atoms with Crippen LogP contribution in [0.4, 0.5) is 13.2 Å². The van der Waals surface area contributed by atoms with Crippen molar-refractivity contribution in [2.24, 2.45) is 0 Å². The summed E-state index contributed by atoms with van der Waals surface area (Å²) in [5, 5.41) is 0. The van der Waals surface area contributed by atoms with E-state index in [-0.39, 0.29) is 0 Å². The van der Waals surface area contributed by atoms with Crippen LogP contribution in [-0.4, -0.2) is 9.55 Å². The molecule has 90 valence electrons. The number of aromatic nitrogens is 2. The van der Waals surface area contributed by atoms with Crippen LogP contribution < -0.4 is 0 Å². The molecule has 0 saturated heterocycles. The number of alkyl halides is 3. The zero-order valence-electron chi connectivity index (χ0n) is 9.42. The van der Waals surface area contributed by atoms with Gasteiger partial charge in [-0.15, -0.1) is 0 Å². The summed E-state index contributed by atoms with van der Waals surface area (Å²) in [7, 11) is 0. The number of nitrogens with zero attached hydrogens (tertiary/aromatic N) is 2. The smallest absolute Gasteiger partial charge is 0.304 e. The minimum atomic E-state index is -4.30. The summed E-state index contributed by atoms with van der Waals surface area (Å²) in [6.07, 6.45) is -0.954. The molecule has 0 bridgehead atoms. The van der Waals surface area contributed by atoms with Crippen molar-refractivity contribution in [2.45, 2.75) is 20.0 Å². The SMILES string of the molecule is Cc1cc(C(F)(F)F)ccc1-n1ccnc1C. The van der Waals surface area contributed by atoms with Gasteiger partial charge < -0.3 is 4.57 Å². The van der Waals surface area contributed by atoms with E-state index in [1.54, 1.807) is 30.8 Å². The summed E-state index contributed by atoms with van der Waals surface area (Å²) in [6, 6.07) is 3.70. The third-order valence-electron chi connectivity index (χ3n) is 2.61. The van der Waals surface area contributed by atoms with Gasteiger partial charge in [0.25, 0.3) is 0 Å². The van der Waals surface area contributed by atoms with Crippen LogP contribution in [0.25, 0.3) is 5.69 Å². The van der Waals surface area contributed by atoms with Gasteiger partial charge in [-0.1, -0.05) is 0 Å². The van der Waals surface area contributed by atoms with Crippen molar-refractivity contribution in [3.8, 4) is 5.69 Å². The highest BCUT2D eigenvalue weighted by molar-refractivity contribution is 5.44. The Morgan fingerprint density at radius 1 is 1.18 bits per heavy atom. The number of benzene rings is 1. The van der Waals surface area contributed by atoms with E-state index < -0.39 is 11.7 Å². The fourth-order valence-corrected chi connectivity index (χ4v) is 1.73. The zero-order chi connectivity index (χ0) is 12.6. The minimum absolute atomic E-state index is 0.570. The van der Waals surface area contributed by atoms with Crippen LogP contribution in [-0.2, 0) is 6.18 Å². The van der Waals surface area contributed by atoms with Gasteiger partial charge in [-0.05, 0) is 37.6 Å². The molecule has 0 atom stereocenters. The third kappa shape index (κ3) is 2.18. The fourth-order valence-electron chi connectivity index (χ4n) is 1.73. The van der Waals surface area contributed by atoms with Crippen molar-refractivity contribution >= 4 is 0 Å². The Morgan fingerprint density at radius 3 is 2.35 bits per heavy atom. The lowest BCUT2D eigenvalue weighted by Crippen LogP contribution is -2.07. The van der Waals surface area contributed by atoms with Crippen LogP contribution in [0.15, 0.2) is 30.6 Å². The Hall–Kier alpha value is -1.78. The molecule has 2 nitrogen and oxygen atoms in total. The van der Waals surface area contributed by atoms with Gasteiger partial charge in [0.1, 0.15) is 5.82 Å². The molecular weight excluding hydrogens is 229 g/mol. The molecule has 1 aromatic heterocycles. The Labute approximate surface area is 96.7 Å². The second-order valence-electron chi connectivity index (χ2n) is 3.84. The maximum Gasteiger partial charge on any atom is 0.416 e. The lowest BCUT2D eigenvalue weighted by atomic mass is 10.1. The molecule has 0 aliphatic rings. The summed E-state index contributed by atoms with van der Waals surface area (Å²) < 4.78 is 39.3. The van der Waals surface area contributed by atoms with Crippen LogP contribution in [0, 0.1) is 13.8 Å². The first-order chi connectivity index (χ1) is 7.89. The molecule has 0 amide bonds. The second kappa shape index (κ2) is 3.91. The molecule has 2 rings (SSSR count). The van der Waals surface area contributed by atoms with Crippen LogP contribution in [0.5, 0.6) is 0 Å². The summed E-state index contributed by atoms with van der Waals surface area (Å²) >= 11 is 0. The minimum Gasteiger partial charge on any atom is -0.304 e. The lowest BCUT2D eigenvalue weighted by Gasteiger charge is -2.12. The molecule has 5 heteroatoms. The van der Waals surface area contributed by atoms with Gasteiger partial charge in [0.05, 0.1) is 5.56 Å². The summed E-state index contributed by atoms with van der Waals surface area (Å²) in [5.74, 6) is 0.743. The van der Waals surface area contributed by atoms with Crippen molar-refractivity contribution in [1.82, 2.24) is 9.55 Å². The molecule has 0 N–H and O–H groups in total. The first-order valence-corrected chi connectivity index (χ1v) is 5.08. The fraction of sp³-hybridized carbons (Fsp3) is 0.250. The second-order valence-corrected chi connectivity index (χ2v) is 3.84. The van der Waals surface area contributed by atoms with E-state index in [2.05, 4.69) is 4.98 Å². The average molecular weight is 240 g/mol. The Morgan fingerprint density at radius 2 is 1.88 bits per heavy atom. The molecule has 2 aromatic rings. The Balaban J connectivity index is 2.50. The number of halogens is 3. The quantitative estimate of drug-likeness (QED) is 0.745. The van der Waals surface area contributed by atoms with E-state index in [1.165, 1.54) is 6.07 Å². The molecular formula is C12H11F3N2. The number of aryl methyl sites for hydroxylation is 2. The van der Waals surface area contributed by atoms with Crippen molar-refractivity contribution < 1.29 is 13.2 Å². The summed E-state index contributed by atoms with van der Waals surface area (Å²) in [5.41, 5.74) is 0.658. The van der Waals surface area contributed by atoms with Gasteiger partial charge in [-0.3, -0.25) is 0 Å². The standard InChI is InChI=1S/C12H11F3N2/c1-8-7-10(12(13,14)15)3-4-11(8)17-6-5-16-9(17)2/h3-7H,1-2H3. The number of imidazole rings is 1. The monoisotopic (exact) mass is 240 g/mol. The Kier molecular flexibility index (Phi) is 2.69. The van der Waals surface area contributed by atoms with Crippen LogP contribution in [0.3, 0.4) is 0 Å². The van der Waals surface area contributed by atoms with Crippen molar-refractivity contribution in [3.05, 3.63) is 47.5 Å². The molecule has 0 radical (unpaired) electrons. The predicted molar refractivity (Wildman–Crippen MR) is 58.0 cm³/mol. The molecule has 1 heterocycles. The molecule has 0 fully saturated rings. The highest BCUT2D eigenvalue weighted by Crippen LogP contribution is 2.31. The maximum atomic E-state index is 12.5.